The van der Waals surface area contributed by atoms with Crippen LogP contribution in [0, 0.1) is 6.92 Å². The van der Waals surface area contributed by atoms with Gasteiger partial charge in [-0.05, 0) is 42.8 Å². The maximum Gasteiger partial charge on any atom is 0.185 e. The molecule has 0 amide bonds. The van der Waals surface area contributed by atoms with Crippen molar-refractivity contribution in [3.05, 3.63) is 70.6 Å². The molecule has 0 saturated carbocycles. The zero-order valence-electron chi connectivity index (χ0n) is 11.5. The summed E-state index contributed by atoms with van der Waals surface area (Å²) in [5.41, 5.74) is 3.07. The Bertz CT molecular complexity index is 830. The normalized spacial score (nSPS) is 10.8. The minimum absolute atomic E-state index is 0.00106. The third kappa shape index (κ3) is 2.93. The van der Waals surface area contributed by atoms with Crippen LogP contribution in [0.15, 0.2) is 48.7 Å². The van der Waals surface area contributed by atoms with E-state index in [0.717, 1.165) is 22.2 Å². The van der Waals surface area contributed by atoms with Gasteiger partial charge >= 0.3 is 0 Å². The van der Waals surface area contributed by atoms with Crippen molar-refractivity contribution in [1.82, 2.24) is 9.97 Å². The van der Waals surface area contributed by atoms with Gasteiger partial charge in [-0.3, -0.25) is 14.8 Å². The molecule has 1 aromatic carbocycles. The third-order valence-electron chi connectivity index (χ3n) is 3.32. The van der Waals surface area contributed by atoms with E-state index in [0.29, 0.717) is 17.1 Å². The molecule has 3 aromatic rings. The van der Waals surface area contributed by atoms with Gasteiger partial charge in [0.05, 0.1) is 5.52 Å². The second-order valence-corrected chi connectivity index (χ2v) is 5.33. The van der Waals surface area contributed by atoms with Gasteiger partial charge in [-0.15, -0.1) is 0 Å². The minimum atomic E-state index is 0.00106. The second-order valence-electron chi connectivity index (χ2n) is 4.90. The lowest BCUT2D eigenvalue weighted by atomic mass is 10.0. The standard InChI is InChI=1S/C17H13ClN2O/c1-11-3-2-4-15(20-11)17(21)9-12-7-8-19-16-10-13(18)5-6-14(12)16/h2-8,10H,9H2,1H3. The molecule has 0 spiro atoms. The topological polar surface area (TPSA) is 42.9 Å². The Kier molecular flexibility index (Phi) is 3.67. The molecular formula is C17H13ClN2O. The van der Waals surface area contributed by atoms with Crippen LogP contribution in [0.5, 0.6) is 0 Å². The summed E-state index contributed by atoms with van der Waals surface area (Å²) in [5.74, 6) is 0.00106. The van der Waals surface area contributed by atoms with Crippen molar-refractivity contribution in [2.24, 2.45) is 0 Å². The lowest BCUT2D eigenvalue weighted by molar-refractivity contribution is 0.0988. The number of carbonyl (C=O) groups excluding carboxylic acids is 1. The van der Waals surface area contributed by atoms with Gasteiger partial charge in [0.25, 0.3) is 0 Å². The molecule has 0 atom stereocenters. The highest BCUT2D eigenvalue weighted by molar-refractivity contribution is 6.31. The fraction of sp³-hybridized carbons (Fsp3) is 0.118. The lowest BCUT2D eigenvalue weighted by Gasteiger charge is -2.06. The highest BCUT2D eigenvalue weighted by Gasteiger charge is 2.11. The van der Waals surface area contributed by atoms with Gasteiger partial charge in [0, 0.05) is 28.7 Å². The summed E-state index contributed by atoms with van der Waals surface area (Å²) in [5, 5.41) is 1.58. The number of pyridine rings is 2. The van der Waals surface area contributed by atoms with Gasteiger partial charge in [0.15, 0.2) is 5.78 Å². The molecule has 0 aliphatic carbocycles. The number of halogens is 1. The molecule has 0 aliphatic rings. The first-order valence-corrected chi connectivity index (χ1v) is 7.01. The number of aromatic nitrogens is 2. The van der Waals surface area contributed by atoms with Crippen LogP contribution in [0.1, 0.15) is 21.7 Å². The third-order valence-corrected chi connectivity index (χ3v) is 3.56. The molecule has 4 heteroatoms. The number of rotatable bonds is 3. The largest absolute Gasteiger partial charge is 0.292 e. The van der Waals surface area contributed by atoms with E-state index < -0.39 is 0 Å². The van der Waals surface area contributed by atoms with Crippen LogP contribution in [0.2, 0.25) is 5.02 Å². The van der Waals surface area contributed by atoms with Crippen molar-refractivity contribution >= 4 is 28.3 Å². The van der Waals surface area contributed by atoms with Crippen LogP contribution in [-0.4, -0.2) is 15.8 Å². The highest BCUT2D eigenvalue weighted by atomic mass is 35.5. The van der Waals surface area contributed by atoms with Gasteiger partial charge in [0.2, 0.25) is 0 Å². The first kappa shape index (κ1) is 13.7. The molecule has 0 radical (unpaired) electrons. The number of benzene rings is 1. The van der Waals surface area contributed by atoms with Crippen molar-refractivity contribution in [3.8, 4) is 0 Å². The van der Waals surface area contributed by atoms with Crippen molar-refractivity contribution in [2.45, 2.75) is 13.3 Å². The van der Waals surface area contributed by atoms with E-state index in [1.807, 2.05) is 37.3 Å². The summed E-state index contributed by atoms with van der Waals surface area (Å²) in [7, 11) is 0. The smallest absolute Gasteiger partial charge is 0.185 e. The average Bonchev–Trinajstić information content (AvgIpc) is 2.47. The molecular weight excluding hydrogens is 284 g/mol. The Morgan fingerprint density at radius 2 is 2.05 bits per heavy atom. The Morgan fingerprint density at radius 1 is 1.19 bits per heavy atom. The zero-order chi connectivity index (χ0) is 14.8. The van der Waals surface area contributed by atoms with Gasteiger partial charge < -0.3 is 0 Å². The maximum atomic E-state index is 12.4. The first-order chi connectivity index (χ1) is 10.1. The van der Waals surface area contributed by atoms with Crippen LogP contribution in [0.25, 0.3) is 10.9 Å². The maximum absolute atomic E-state index is 12.4. The highest BCUT2D eigenvalue weighted by Crippen LogP contribution is 2.21. The summed E-state index contributed by atoms with van der Waals surface area (Å²) >= 11 is 5.97. The lowest BCUT2D eigenvalue weighted by Crippen LogP contribution is -2.07. The van der Waals surface area contributed by atoms with Gasteiger partial charge in [-0.25, -0.2) is 0 Å². The number of fused-ring (bicyclic) bond motifs is 1. The molecule has 21 heavy (non-hydrogen) atoms. The van der Waals surface area contributed by atoms with Crippen LogP contribution >= 0.6 is 11.6 Å². The van der Waals surface area contributed by atoms with E-state index in [2.05, 4.69) is 9.97 Å². The summed E-state index contributed by atoms with van der Waals surface area (Å²) < 4.78 is 0. The SMILES string of the molecule is Cc1cccc(C(=O)Cc2ccnc3cc(Cl)ccc23)n1. The summed E-state index contributed by atoms with van der Waals surface area (Å²) in [4.78, 5) is 20.9. The number of nitrogens with zero attached hydrogens (tertiary/aromatic N) is 2. The molecule has 0 saturated heterocycles. The molecule has 0 bridgehead atoms. The molecule has 0 N–H and O–H groups in total. The van der Waals surface area contributed by atoms with Crippen LogP contribution in [0.4, 0.5) is 0 Å². The summed E-state index contributed by atoms with van der Waals surface area (Å²) in [6, 6.07) is 12.8. The quantitative estimate of drug-likeness (QED) is 0.686. The van der Waals surface area contributed by atoms with E-state index in [9.17, 15) is 4.79 Å². The molecule has 0 fully saturated rings. The monoisotopic (exact) mass is 296 g/mol. The summed E-state index contributed by atoms with van der Waals surface area (Å²) in [6.07, 6.45) is 2.00. The van der Waals surface area contributed by atoms with Crippen LogP contribution in [0.3, 0.4) is 0 Å². The Labute approximate surface area is 127 Å². The number of carbonyl (C=O) groups is 1. The minimum Gasteiger partial charge on any atom is -0.292 e. The molecule has 0 aliphatic heterocycles. The Morgan fingerprint density at radius 3 is 2.86 bits per heavy atom. The van der Waals surface area contributed by atoms with Gasteiger partial charge in [0.1, 0.15) is 5.69 Å². The van der Waals surface area contributed by atoms with E-state index in [-0.39, 0.29) is 5.78 Å². The number of hydrogen-bond acceptors (Lipinski definition) is 3. The van der Waals surface area contributed by atoms with Crippen LogP contribution < -0.4 is 0 Å². The Hall–Kier alpha value is -2.26. The van der Waals surface area contributed by atoms with E-state index in [4.69, 9.17) is 11.6 Å². The fourth-order valence-corrected chi connectivity index (χ4v) is 2.46. The predicted molar refractivity (Wildman–Crippen MR) is 83.8 cm³/mol. The summed E-state index contributed by atoms with van der Waals surface area (Å²) in [6.45, 7) is 1.88. The second kappa shape index (κ2) is 5.62. The Balaban J connectivity index is 1.96. The van der Waals surface area contributed by atoms with E-state index >= 15 is 0 Å². The number of aryl methyl sites for hydroxylation is 1. The van der Waals surface area contributed by atoms with Crippen molar-refractivity contribution in [1.29, 1.82) is 0 Å². The number of ketones is 1. The van der Waals surface area contributed by atoms with Gasteiger partial charge in [-0.2, -0.15) is 0 Å². The van der Waals surface area contributed by atoms with Gasteiger partial charge in [-0.1, -0.05) is 23.7 Å². The molecule has 3 nitrogen and oxygen atoms in total. The molecule has 3 rings (SSSR count). The van der Waals surface area contributed by atoms with Crippen molar-refractivity contribution in [2.75, 3.05) is 0 Å². The molecule has 2 aromatic heterocycles. The first-order valence-electron chi connectivity index (χ1n) is 6.63. The molecule has 104 valence electrons. The van der Waals surface area contributed by atoms with E-state index in [1.54, 1.807) is 18.3 Å². The van der Waals surface area contributed by atoms with Crippen molar-refractivity contribution in [3.63, 3.8) is 0 Å². The molecule has 2 heterocycles. The molecule has 0 unspecified atom stereocenters. The van der Waals surface area contributed by atoms with Crippen molar-refractivity contribution < 1.29 is 4.79 Å². The number of Topliss-reactive ketones (excluding diaryl/α,β-unsaturated/α-hetero) is 1. The van der Waals surface area contributed by atoms with E-state index in [1.165, 1.54) is 0 Å². The predicted octanol–water partition coefficient (Wildman–Crippen LogP) is 4.02. The average molecular weight is 297 g/mol. The fourth-order valence-electron chi connectivity index (χ4n) is 2.30. The zero-order valence-corrected chi connectivity index (χ0v) is 12.3. The van der Waals surface area contributed by atoms with Crippen LogP contribution in [-0.2, 0) is 6.42 Å². The number of hydrogen-bond donors (Lipinski definition) is 0.